The van der Waals surface area contributed by atoms with Crippen LogP contribution >= 0.6 is 11.6 Å². The summed E-state index contributed by atoms with van der Waals surface area (Å²) in [7, 11) is 0. The highest BCUT2D eigenvalue weighted by Gasteiger charge is 2.58. The van der Waals surface area contributed by atoms with Gasteiger partial charge in [0, 0.05) is 48.9 Å². The Morgan fingerprint density at radius 1 is 1.28 bits per heavy atom. The van der Waals surface area contributed by atoms with Crippen LogP contribution in [0.3, 0.4) is 0 Å². The minimum atomic E-state index is -0.561. The van der Waals surface area contributed by atoms with Gasteiger partial charge in [0.05, 0.1) is 0 Å². The number of piperidine rings is 1. The molecule has 1 aromatic heterocycles. The first kappa shape index (κ1) is 22.6. The van der Waals surface area contributed by atoms with E-state index in [0.717, 1.165) is 36.9 Å². The van der Waals surface area contributed by atoms with E-state index in [1.807, 2.05) is 36.1 Å². The molecule has 7 heteroatoms. The number of rotatable bonds is 7. The maximum Gasteiger partial charge on any atom is 0.263 e. The Kier molecular flexibility index (Phi) is 6.70. The molecule has 1 saturated carbocycles. The number of pyridine rings is 1. The van der Waals surface area contributed by atoms with Gasteiger partial charge < -0.3 is 15.0 Å². The van der Waals surface area contributed by atoms with E-state index in [9.17, 15) is 9.59 Å². The molecule has 1 aliphatic heterocycles. The zero-order valence-corrected chi connectivity index (χ0v) is 19.4. The predicted molar refractivity (Wildman–Crippen MR) is 124 cm³/mol. The lowest BCUT2D eigenvalue weighted by molar-refractivity contribution is -0.139. The molecular weight excluding hydrogens is 426 g/mol. The highest BCUT2D eigenvalue weighted by atomic mass is 35.5. The van der Waals surface area contributed by atoms with Gasteiger partial charge in [-0.1, -0.05) is 17.7 Å². The van der Waals surface area contributed by atoms with E-state index < -0.39 is 6.10 Å². The van der Waals surface area contributed by atoms with Crippen molar-refractivity contribution in [1.82, 2.24) is 15.2 Å². The number of hydrogen-bond acceptors (Lipinski definition) is 4. The van der Waals surface area contributed by atoms with Crippen molar-refractivity contribution in [3.05, 3.63) is 58.9 Å². The Morgan fingerprint density at radius 3 is 2.75 bits per heavy atom. The second-order valence-corrected chi connectivity index (χ2v) is 9.41. The summed E-state index contributed by atoms with van der Waals surface area (Å²) in [5.74, 6) is 0.865. The van der Waals surface area contributed by atoms with Crippen molar-refractivity contribution in [1.29, 1.82) is 0 Å². The zero-order valence-electron chi connectivity index (χ0n) is 18.6. The van der Waals surface area contributed by atoms with E-state index in [1.54, 1.807) is 25.3 Å². The average Bonchev–Trinajstić information content (AvgIpc) is 3.49. The van der Waals surface area contributed by atoms with Gasteiger partial charge in [-0.2, -0.15) is 0 Å². The molecule has 170 valence electrons. The van der Waals surface area contributed by atoms with Gasteiger partial charge >= 0.3 is 0 Å². The largest absolute Gasteiger partial charge is 0.481 e. The molecule has 2 heterocycles. The number of amides is 2. The number of hydrogen-bond donors (Lipinski definition) is 1. The van der Waals surface area contributed by atoms with Gasteiger partial charge in [-0.25, -0.2) is 0 Å². The molecule has 1 saturated heterocycles. The number of aryl methyl sites for hydroxylation is 1. The van der Waals surface area contributed by atoms with Gasteiger partial charge in [0.1, 0.15) is 5.75 Å². The van der Waals surface area contributed by atoms with Crippen molar-refractivity contribution < 1.29 is 14.3 Å². The Labute approximate surface area is 194 Å². The summed E-state index contributed by atoms with van der Waals surface area (Å²) in [5.41, 5.74) is 1.95. The first-order chi connectivity index (χ1) is 15.4. The zero-order chi connectivity index (χ0) is 22.7. The quantitative estimate of drug-likeness (QED) is 0.689. The summed E-state index contributed by atoms with van der Waals surface area (Å²) in [6.45, 7) is 5.65. The molecule has 2 amide bonds. The first-order valence-electron chi connectivity index (χ1n) is 11.3. The number of ether oxygens (including phenoxy) is 1. The molecule has 2 aromatic rings. The maximum absolute atomic E-state index is 12.9. The van der Waals surface area contributed by atoms with Crippen LogP contribution in [0.25, 0.3) is 0 Å². The molecule has 2 aliphatic rings. The van der Waals surface area contributed by atoms with Gasteiger partial charge in [-0.05, 0) is 74.4 Å². The maximum atomic E-state index is 12.9. The number of nitrogens with one attached hydrogen (secondary N) is 1. The minimum absolute atomic E-state index is 0.00814. The van der Waals surface area contributed by atoms with Crippen LogP contribution in [0.5, 0.6) is 5.75 Å². The lowest BCUT2D eigenvalue weighted by atomic mass is 9.90. The topological polar surface area (TPSA) is 71.5 Å². The average molecular weight is 456 g/mol. The fourth-order valence-corrected chi connectivity index (χ4v) is 4.90. The molecule has 1 N–H and O–H groups in total. The summed E-state index contributed by atoms with van der Waals surface area (Å²) in [6.07, 6.45) is 4.59. The number of likely N-dealkylation sites (tertiary alicyclic amines) is 1. The highest BCUT2D eigenvalue weighted by Crippen LogP contribution is 2.59. The van der Waals surface area contributed by atoms with Crippen molar-refractivity contribution >= 4 is 23.4 Å². The standard InChI is InChI=1S/C25H30ClN3O3/c1-17-15-19(26)6-7-22(17)32-18(2)24(31)29-13-9-25(10-14-29)16-21(25)23(30)28-12-8-20-5-3-4-11-27-20/h3-7,11,15,18,21H,8-10,12-14,16H2,1-2H3,(H,28,30)/t18-,21-/m0/s1. The van der Waals surface area contributed by atoms with Crippen molar-refractivity contribution in [2.24, 2.45) is 11.3 Å². The van der Waals surface area contributed by atoms with E-state index in [2.05, 4.69) is 10.3 Å². The van der Waals surface area contributed by atoms with E-state index in [4.69, 9.17) is 16.3 Å². The Bertz CT molecular complexity index is 974. The van der Waals surface area contributed by atoms with Crippen LogP contribution in [-0.2, 0) is 16.0 Å². The molecule has 4 rings (SSSR count). The number of nitrogens with zero attached hydrogens (tertiary/aromatic N) is 2. The van der Waals surface area contributed by atoms with E-state index in [-0.39, 0.29) is 23.1 Å². The Balaban J connectivity index is 1.22. The lowest BCUT2D eigenvalue weighted by Gasteiger charge is -2.34. The van der Waals surface area contributed by atoms with E-state index in [1.165, 1.54) is 0 Å². The van der Waals surface area contributed by atoms with Gasteiger partial charge in [-0.15, -0.1) is 0 Å². The fraction of sp³-hybridized carbons (Fsp3) is 0.480. The van der Waals surface area contributed by atoms with Crippen molar-refractivity contribution in [2.45, 2.75) is 45.6 Å². The minimum Gasteiger partial charge on any atom is -0.481 e. The molecule has 32 heavy (non-hydrogen) atoms. The third-order valence-corrected chi connectivity index (χ3v) is 7.01. The highest BCUT2D eigenvalue weighted by molar-refractivity contribution is 6.30. The second kappa shape index (κ2) is 9.49. The van der Waals surface area contributed by atoms with Crippen LogP contribution < -0.4 is 10.1 Å². The fourth-order valence-electron chi connectivity index (χ4n) is 4.67. The van der Waals surface area contributed by atoms with Crippen molar-refractivity contribution in [2.75, 3.05) is 19.6 Å². The van der Waals surface area contributed by atoms with Crippen LogP contribution in [0, 0.1) is 18.3 Å². The molecule has 1 aromatic carbocycles. The molecule has 1 aliphatic carbocycles. The van der Waals surface area contributed by atoms with Crippen LogP contribution in [0.15, 0.2) is 42.6 Å². The molecule has 0 radical (unpaired) electrons. The monoisotopic (exact) mass is 455 g/mol. The number of carbonyl (C=O) groups excluding carboxylic acids is 2. The Morgan fingerprint density at radius 2 is 2.06 bits per heavy atom. The molecule has 0 bridgehead atoms. The Hall–Kier alpha value is -2.60. The number of halogens is 1. The summed E-state index contributed by atoms with van der Waals surface area (Å²) < 4.78 is 5.90. The van der Waals surface area contributed by atoms with Crippen LogP contribution in [-0.4, -0.2) is 47.4 Å². The summed E-state index contributed by atoms with van der Waals surface area (Å²) in [5, 5.41) is 3.71. The normalized spacial score (nSPS) is 20.0. The predicted octanol–water partition coefficient (Wildman–Crippen LogP) is 3.80. The third-order valence-electron chi connectivity index (χ3n) is 6.77. The molecular formula is C25H30ClN3O3. The molecule has 0 unspecified atom stereocenters. The number of benzene rings is 1. The van der Waals surface area contributed by atoms with Gasteiger partial charge in [0.2, 0.25) is 5.91 Å². The van der Waals surface area contributed by atoms with Gasteiger partial charge in [-0.3, -0.25) is 14.6 Å². The van der Waals surface area contributed by atoms with Gasteiger partial charge in [0.25, 0.3) is 5.91 Å². The molecule has 2 atom stereocenters. The molecule has 6 nitrogen and oxygen atoms in total. The summed E-state index contributed by atoms with van der Waals surface area (Å²) >= 11 is 6.00. The number of aromatic nitrogens is 1. The van der Waals surface area contributed by atoms with Crippen LogP contribution in [0.4, 0.5) is 0 Å². The molecule has 1 spiro atoms. The smallest absolute Gasteiger partial charge is 0.263 e. The van der Waals surface area contributed by atoms with Crippen LogP contribution in [0.2, 0.25) is 5.02 Å². The van der Waals surface area contributed by atoms with E-state index in [0.29, 0.717) is 30.4 Å². The first-order valence-corrected chi connectivity index (χ1v) is 11.6. The number of carbonyl (C=O) groups is 2. The summed E-state index contributed by atoms with van der Waals surface area (Å²) in [6, 6.07) is 11.2. The third kappa shape index (κ3) is 5.07. The van der Waals surface area contributed by atoms with Crippen molar-refractivity contribution in [3.63, 3.8) is 0 Å². The van der Waals surface area contributed by atoms with Crippen LogP contribution in [0.1, 0.15) is 37.4 Å². The van der Waals surface area contributed by atoms with E-state index >= 15 is 0 Å². The molecule has 2 fully saturated rings. The summed E-state index contributed by atoms with van der Waals surface area (Å²) in [4.78, 5) is 31.7. The van der Waals surface area contributed by atoms with Crippen molar-refractivity contribution in [3.8, 4) is 5.75 Å². The van der Waals surface area contributed by atoms with Gasteiger partial charge in [0.15, 0.2) is 6.10 Å². The second-order valence-electron chi connectivity index (χ2n) is 8.98. The SMILES string of the molecule is Cc1cc(Cl)ccc1O[C@@H](C)C(=O)N1CCC2(CC1)C[C@H]2C(=O)NCCc1ccccn1. The lowest BCUT2D eigenvalue weighted by Crippen LogP contribution is -2.46.